The second-order valence-electron chi connectivity index (χ2n) is 4.84. The molecule has 3 heteroatoms. The van der Waals surface area contributed by atoms with Gasteiger partial charge in [-0.05, 0) is 36.5 Å². The van der Waals surface area contributed by atoms with Gasteiger partial charge in [0, 0.05) is 22.7 Å². The van der Waals surface area contributed by atoms with Crippen molar-refractivity contribution in [3.63, 3.8) is 0 Å². The molecular weight excluding hydrogens is 210 g/mol. The zero-order valence-electron chi connectivity index (χ0n) is 8.71. The van der Waals surface area contributed by atoms with Crippen LogP contribution in [0, 0.1) is 5.41 Å². The molecule has 0 amide bonds. The van der Waals surface area contributed by atoms with E-state index in [9.17, 15) is 0 Å². The number of hydrogen-bond acceptors (Lipinski definition) is 3. The van der Waals surface area contributed by atoms with E-state index in [2.05, 4.69) is 35.3 Å². The molecule has 0 aliphatic carbocycles. The Bertz CT molecular complexity index is 279. The number of fused-ring (bicyclic) bond motifs is 2. The molecule has 0 aromatic rings. The fourth-order valence-electron chi connectivity index (χ4n) is 2.77. The average molecular weight is 227 g/mol. The van der Waals surface area contributed by atoms with Gasteiger partial charge in [0.1, 0.15) is 0 Å². The molecule has 3 aliphatic rings. The van der Waals surface area contributed by atoms with E-state index in [0.717, 1.165) is 0 Å². The molecule has 3 saturated heterocycles. The first-order valence-electron chi connectivity index (χ1n) is 5.49. The summed E-state index contributed by atoms with van der Waals surface area (Å²) in [7, 11) is 0. The summed E-state index contributed by atoms with van der Waals surface area (Å²) in [5.41, 5.74) is 2.32. The number of piperidine rings is 1. The Labute approximate surface area is 94.7 Å². The van der Waals surface area contributed by atoms with Crippen LogP contribution >= 0.6 is 23.5 Å². The lowest BCUT2D eigenvalue weighted by molar-refractivity contribution is 0.392. The Balaban J connectivity index is 1.90. The minimum Gasteiger partial charge on any atom is -0.298 e. The van der Waals surface area contributed by atoms with Gasteiger partial charge in [-0.25, -0.2) is 0 Å². The van der Waals surface area contributed by atoms with Crippen LogP contribution in [0.2, 0.25) is 0 Å². The van der Waals surface area contributed by atoms with Crippen molar-refractivity contribution < 1.29 is 0 Å². The summed E-state index contributed by atoms with van der Waals surface area (Å²) in [6, 6.07) is 0. The van der Waals surface area contributed by atoms with Crippen LogP contribution in [-0.2, 0) is 0 Å². The molecule has 0 aromatic heterocycles. The van der Waals surface area contributed by atoms with Crippen LogP contribution in [0.5, 0.6) is 0 Å². The second kappa shape index (κ2) is 3.46. The Morgan fingerprint density at radius 3 is 2.64 bits per heavy atom. The van der Waals surface area contributed by atoms with Crippen molar-refractivity contribution in [2.45, 2.75) is 19.8 Å². The van der Waals surface area contributed by atoms with E-state index in [1.54, 1.807) is 9.81 Å². The summed E-state index contributed by atoms with van der Waals surface area (Å²) < 4.78 is 1.68. The second-order valence-corrected chi connectivity index (χ2v) is 7.31. The maximum absolute atomic E-state index is 2.62. The third-order valence-corrected chi connectivity index (χ3v) is 6.37. The predicted molar refractivity (Wildman–Crippen MR) is 65.7 cm³/mol. The van der Waals surface area contributed by atoms with Gasteiger partial charge in [0.15, 0.2) is 0 Å². The van der Waals surface area contributed by atoms with Gasteiger partial charge in [-0.15, -0.1) is 23.5 Å². The van der Waals surface area contributed by atoms with E-state index in [4.69, 9.17) is 0 Å². The van der Waals surface area contributed by atoms with Crippen molar-refractivity contribution in [3.8, 4) is 0 Å². The third-order valence-electron chi connectivity index (χ3n) is 3.66. The molecule has 3 heterocycles. The molecule has 14 heavy (non-hydrogen) atoms. The number of rotatable bonds is 0. The van der Waals surface area contributed by atoms with Gasteiger partial charge in [-0.2, -0.15) is 0 Å². The molecule has 0 aromatic carbocycles. The maximum atomic E-state index is 2.62. The summed E-state index contributed by atoms with van der Waals surface area (Å²) in [4.78, 5) is 2.62. The Hall–Kier alpha value is 0.400. The number of hydrogen-bond donors (Lipinski definition) is 0. The monoisotopic (exact) mass is 227 g/mol. The van der Waals surface area contributed by atoms with Gasteiger partial charge < -0.3 is 0 Å². The van der Waals surface area contributed by atoms with Gasteiger partial charge in [0.25, 0.3) is 0 Å². The van der Waals surface area contributed by atoms with Crippen molar-refractivity contribution >= 4 is 23.5 Å². The molecule has 0 saturated carbocycles. The first kappa shape index (κ1) is 9.61. The maximum Gasteiger partial charge on any atom is 0.0411 e. The minimum atomic E-state index is 0.548. The lowest BCUT2D eigenvalue weighted by Crippen LogP contribution is -2.21. The van der Waals surface area contributed by atoms with Gasteiger partial charge in [-0.3, -0.25) is 4.90 Å². The van der Waals surface area contributed by atoms with E-state index < -0.39 is 0 Å². The fourth-order valence-corrected chi connectivity index (χ4v) is 5.70. The lowest BCUT2D eigenvalue weighted by atomic mass is 9.83. The summed E-state index contributed by atoms with van der Waals surface area (Å²) in [6.45, 7) is 6.40. The summed E-state index contributed by atoms with van der Waals surface area (Å²) >= 11 is 4.23. The topological polar surface area (TPSA) is 3.24 Å². The van der Waals surface area contributed by atoms with E-state index in [1.807, 2.05) is 0 Å². The van der Waals surface area contributed by atoms with Gasteiger partial charge in [0.2, 0.25) is 0 Å². The quantitative estimate of drug-likeness (QED) is 0.626. The van der Waals surface area contributed by atoms with Crippen molar-refractivity contribution in [2.24, 2.45) is 5.41 Å². The molecule has 2 bridgehead atoms. The number of nitrogens with zero attached hydrogens (tertiary/aromatic N) is 1. The molecule has 3 aliphatic heterocycles. The molecule has 1 nitrogen and oxygen atoms in total. The van der Waals surface area contributed by atoms with Crippen LogP contribution in [-0.4, -0.2) is 36.0 Å². The van der Waals surface area contributed by atoms with E-state index in [1.165, 1.54) is 44.0 Å². The highest BCUT2D eigenvalue weighted by Gasteiger charge is 2.45. The molecule has 0 radical (unpaired) electrons. The molecule has 3 rings (SSSR count). The summed E-state index contributed by atoms with van der Waals surface area (Å²) in [5, 5.41) is 0. The molecule has 0 N–H and O–H groups in total. The Morgan fingerprint density at radius 1 is 1.29 bits per heavy atom. The summed E-state index contributed by atoms with van der Waals surface area (Å²) in [6.07, 6.45) is 2.79. The van der Waals surface area contributed by atoms with Crippen LogP contribution in [0.1, 0.15) is 19.8 Å². The van der Waals surface area contributed by atoms with Crippen molar-refractivity contribution in [2.75, 3.05) is 31.1 Å². The molecule has 0 spiro atoms. The first-order valence-corrected chi connectivity index (χ1v) is 7.47. The van der Waals surface area contributed by atoms with E-state index in [-0.39, 0.29) is 0 Å². The lowest BCUT2D eigenvalue weighted by Gasteiger charge is -2.27. The first-order chi connectivity index (χ1) is 6.78. The van der Waals surface area contributed by atoms with Gasteiger partial charge in [0.05, 0.1) is 0 Å². The van der Waals surface area contributed by atoms with Crippen LogP contribution in [0.4, 0.5) is 0 Å². The summed E-state index contributed by atoms with van der Waals surface area (Å²) in [5.74, 6) is 2.70. The van der Waals surface area contributed by atoms with Crippen molar-refractivity contribution in [3.05, 3.63) is 9.81 Å². The van der Waals surface area contributed by atoms with Gasteiger partial charge >= 0.3 is 0 Å². The highest BCUT2D eigenvalue weighted by atomic mass is 32.2. The van der Waals surface area contributed by atoms with E-state index >= 15 is 0 Å². The highest BCUT2D eigenvalue weighted by Crippen LogP contribution is 2.50. The highest BCUT2D eigenvalue weighted by molar-refractivity contribution is 8.22. The van der Waals surface area contributed by atoms with Crippen LogP contribution in [0.3, 0.4) is 0 Å². The van der Waals surface area contributed by atoms with Crippen LogP contribution in [0.25, 0.3) is 0 Å². The molecule has 78 valence electrons. The van der Waals surface area contributed by atoms with Crippen LogP contribution < -0.4 is 0 Å². The smallest absolute Gasteiger partial charge is 0.0411 e. The van der Waals surface area contributed by atoms with Crippen molar-refractivity contribution in [1.29, 1.82) is 0 Å². The molecule has 2 unspecified atom stereocenters. The van der Waals surface area contributed by atoms with Crippen molar-refractivity contribution in [1.82, 2.24) is 4.90 Å². The minimum absolute atomic E-state index is 0.548. The third kappa shape index (κ3) is 1.44. The molecule has 2 atom stereocenters. The number of thioether (sulfide) groups is 2. The molecular formula is C11H17NS2. The van der Waals surface area contributed by atoms with E-state index in [0.29, 0.717) is 5.41 Å². The normalized spacial score (nSPS) is 42.2. The zero-order chi connectivity index (χ0) is 9.60. The van der Waals surface area contributed by atoms with Gasteiger partial charge in [-0.1, -0.05) is 6.92 Å². The largest absolute Gasteiger partial charge is 0.298 e. The SMILES string of the molecule is CC12CCN(CC1=C1SCCCS1)C2. The van der Waals surface area contributed by atoms with Crippen LogP contribution in [0.15, 0.2) is 9.81 Å². The Kier molecular flexibility index (Phi) is 2.38. The fraction of sp³-hybridized carbons (Fsp3) is 0.818. The molecule has 3 fully saturated rings. The zero-order valence-corrected chi connectivity index (χ0v) is 10.3. The Morgan fingerprint density at radius 2 is 2.07 bits per heavy atom. The average Bonchev–Trinajstić information content (AvgIpc) is 2.74. The standard InChI is InChI=1S/C11H17NS2/c1-11-3-4-12(8-11)7-9(11)10-13-5-2-6-14-10/h2-8H2,1H3. The predicted octanol–water partition coefficient (Wildman–Crippen LogP) is 2.79.